The number of halogens is 2. The summed E-state index contributed by atoms with van der Waals surface area (Å²) >= 11 is 0. The molecule has 1 aromatic rings. The van der Waals surface area contributed by atoms with E-state index in [1.807, 2.05) is 4.90 Å². The fourth-order valence-corrected chi connectivity index (χ4v) is 6.55. The topological polar surface area (TPSA) is 52.7 Å². The van der Waals surface area contributed by atoms with Gasteiger partial charge in [0.05, 0.1) is 5.56 Å². The van der Waals surface area contributed by atoms with Crippen molar-refractivity contribution in [3.63, 3.8) is 0 Å². The van der Waals surface area contributed by atoms with Crippen LogP contribution in [0.5, 0.6) is 0 Å². The maximum absolute atomic E-state index is 14.5. The number of hydrogen-bond donors (Lipinski definition) is 1. The Hall–Kier alpha value is -2.02. The summed E-state index contributed by atoms with van der Waals surface area (Å²) in [6, 6.07) is 3.54. The van der Waals surface area contributed by atoms with E-state index in [0.29, 0.717) is 43.2 Å². The Balaban J connectivity index is 1.34. The minimum Gasteiger partial charge on any atom is -0.356 e. The maximum Gasteiger partial charge on any atom is 0.257 e. The normalized spacial score (nSPS) is 29.5. The number of benzene rings is 1. The van der Waals surface area contributed by atoms with E-state index in [9.17, 15) is 18.4 Å². The largest absolute Gasteiger partial charge is 0.356 e. The maximum atomic E-state index is 14.5. The van der Waals surface area contributed by atoms with Crippen molar-refractivity contribution in [3.05, 3.63) is 35.4 Å². The van der Waals surface area contributed by atoms with E-state index in [1.54, 1.807) is 0 Å². The number of rotatable bonds is 7. The van der Waals surface area contributed by atoms with Gasteiger partial charge in [0.1, 0.15) is 11.6 Å². The number of likely N-dealkylation sites (tertiary alicyclic amines) is 1. The number of nitrogens with one attached hydrogen (secondary N) is 1. The fourth-order valence-electron chi connectivity index (χ4n) is 6.55. The zero-order valence-electron chi connectivity index (χ0n) is 19.3. The lowest BCUT2D eigenvalue weighted by molar-refractivity contribution is -0.121. The highest BCUT2D eigenvalue weighted by Gasteiger charge is 2.49. The van der Waals surface area contributed by atoms with Gasteiger partial charge in [0, 0.05) is 31.6 Å². The van der Waals surface area contributed by atoms with Gasteiger partial charge in [-0.25, -0.2) is 8.78 Å². The minimum absolute atomic E-state index is 0.0430. The van der Waals surface area contributed by atoms with E-state index < -0.39 is 17.5 Å². The first-order chi connectivity index (χ1) is 16.0. The molecule has 3 saturated heterocycles. The van der Waals surface area contributed by atoms with Crippen LogP contribution in [0.2, 0.25) is 0 Å². The van der Waals surface area contributed by atoms with Gasteiger partial charge in [0.2, 0.25) is 5.91 Å². The number of nitrogens with zero attached hydrogens (tertiary/aromatic N) is 2. The molecule has 180 valence electrons. The minimum atomic E-state index is -0.671. The fraction of sp³-hybridized carbons (Fsp3) is 0.692. The molecule has 0 radical (unpaired) electrons. The number of carbonyl (C=O) groups excluding carboxylic acids is 2. The molecular formula is C26H35F2N3O2. The Morgan fingerprint density at radius 2 is 1.85 bits per heavy atom. The first kappa shape index (κ1) is 22.8. The van der Waals surface area contributed by atoms with Crippen molar-refractivity contribution < 1.29 is 18.4 Å². The molecule has 5 nitrogen and oxygen atoms in total. The molecule has 4 fully saturated rings. The van der Waals surface area contributed by atoms with Crippen molar-refractivity contribution in [3.8, 4) is 0 Å². The van der Waals surface area contributed by atoms with Crippen molar-refractivity contribution in [2.24, 2.45) is 17.8 Å². The third kappa shape index (κ3) is 4.93. The Bertz CT molecular complexity index is 888. The molecule has 1 saturated carbocycles. The zero-order chi connectivity index (χ0) is 22.9. The van der Waals surface area contributed by atoms with Crippen molar-refractivity contribution >= 4 is 11.8 Å². The summed E-state index contributed by atoms with van der Waals surface area (Å²) in [6.45, 7) is 3.58. The third-order valence-corrected chi connectivity index (χ3v) is 8.28. The predicted octanol–water partition coefficient (Wildman–Crippen LogP) is 3.98. The molecule has 0 bridgehead atoms. The lowest BCUT2D eigenvalue weighted by atomic mass is 9.69. The second-order valence-electron chi connectivity index (χ2n) is 10.5. The summed E-state index contributed by atoms with van der Waals surface area (Å²) in [7, 11) is 0. The lowest BCUT2D eigenvalue weighted by Crippen LogP contribution is -2.65. The van der Waals surface area contributed by atoms with Crippen molar-refractivity contribution in [1.29, 1.82) is 0 Å². The van der Waals surface area contributed by atoms with E-state index in [2.05, 4.69) is 10.2 Å². The van der Waals surface area contributed by atoms with E-state index in [4.69, 9.17) is 0 Å². The average molecular weight is 460 g/mol. The van der Waals surface area contributed by atoms with Crippen LogP contribution in [0.3, 0.4) is 0 Å². The van der Waals surface area contributed by atoms with Gasteiger partial charge >= 0.3 is 0 Å². The Morgan fingerprint density at radius 1 is 1.06 bits per heavy atom. The first-order valence-electron chi connectivity index (χ1n) is 12.8. The van der Waals surface area contributed by atoms with Gasteiger partial charge < -0.3 is 10.2 Å². The number of amides is 2. The van der Waals surface area contributed by atoms with E-state index in [1.165, 1.54) is 12.8 Å². The van der Waals surface area contributed by atoms with Crippen LogP contribution in [-0.2, 0) is 4.79 Å². The van der Waals surface area contributed by atoms with Crippen molar-refractivity contribution in [2.45, 2.75) is 69.9 Å². The van der Waals surface area contributed by atoms with E-state index in [0.717, 1.165) is 69.9 Å². The monoisotopic (exact) mass is 459 g/mol. The van der Waals surface area contributed by atoms with Crippen LogP contribution in [0, 0.1) is 29.4 Å². The van der Waals surface area contributed by atoms with Gasteiger partial charge in [0.15, 0.2) is 0 Å². The smallest absolute Gasteiger partial charge is 0.257 e. The van der Waals surface area contributed by atoms with E-state index in [-0.39, 0.29) is 17.5 Å². The predicted molar refractivity (Wildman–Crippen MR) is 122 cm³/mol. The van der Waals surface area contributed by atoms with Crippen LogP contribution >= 0.6 is 0 Å². The molecule has 1 N–H and O–H groups in total. The van der Waals surface area contributed by atoms with E-state index >= 15 is 0 Å². The molecule has 3 aliphatic heterocycles. The highest BCUT2D eigenvalue weighted by molar-refractivity contribution is 5.95. The molecule has 7 heteroatoms. The molecule has 33 heavy (non-hydrogen) atoms. The molecular weight excluding hydrogens is 424 g/mol. The van der Waals surface area contributed by atoms with Gasteiger partial charge in [-0.05, 0) is 100 Å². The standard InChI is InChI=1S/C26H35F2N3O2/c27-19-10-11-22(28)21(14-19)26(33)31-16-18-4-2-12-30-13-3-5-20(25(18)30)23(31)6-1-7-24(32)29-15-17-8-9-17/h10-11,14,17-18,20,23,25H,1-9,12-13,15-16H2,(H,29,32)/t18-,20+,23+,25-/m0/s1. The summed E-state index contributed by atoms with van der Waals surface area (Å²) in [5, 5.41) is 3.03. The van der Waals surface area contributed by atoms with Gasteiger partial charge in [-0.15, -0.1) is 0 Å². The molecule has 2 amide bonds. The molecule has 5 rings (SSSR count). The summed E-state index contributed by atoms with van der Waals surface area (Å²) in [4.78, 5) is 30.2. The number of piperidine rings is 3. The molecule has 4 aliphatic rings. The third-order valence-electron chi connectivity index (χ3n) is 8.28. The molecule has 4 atom stereocenters. The summed E-state index contributed by atoms with van der Waals surface area (Å²) < 4.78 is 28.4. The van der Waals surface area contributed by atoms with Gasteiger partial charge in [-0.3, -0.25) is 14.5 Å². The Labute approximate surface area is 194 Å². The Kier molecular flexibility index (Phi) is 6.68. The molecule has 0 unspecified atom stereocenters. The summed E-state index contributed by atoms with van der Waals surface area (Å²) in [5.74, 6) is -0.242. The van der Waals surface area contributed by atoms with Crippen LogP contribution < -0.4 is 5.32 Å². The zero-order valence-corrected chi connectivity index (χ0v) is 19.3. The summed E-state index contributed by atoms with van der Waals surface area (Å²) in [6.07, 6.45) is 8.62. The number of hydrogen-bond acceptors (Lipinski definition) is 3. The molecule has 1 aromatic carbocycles. The van der Waals surface area contributed by atoms with Crippen molar-refractivity contribution in [2.75, 3.05) is 26.2 Å². The number of carbonyl (C=O) groups is 2. The molecule has 0 aromatic heterocycles. The summed E-state index contributed by atoms with van der Waals surface area (Å²) in [5.41, 5.74) is -0.177. The molecule has 0 spiro atoms. The highest BCUT2D eigenvalue weighted by atomic mass is 19.1. The second kappa shape index (κ2) is 9.69. The van der Waals surface area contributed by atoms with Crippen LogP contribution in [0.25, 0.3) is 0 Å². The Morgan fingerprint density at radius 3 is 2.64 bits per heavy atom. The van der Waals surface area contributed by atoms with Crippen LogP contribution in [0.1, 0.15) is 68.1 Å². The van der Waals surface area contributed by atoms with Crippen molar-refractivity contribution in [1.82, 2.24) is 15.1 Å². The van der Waals surface area contributed by atoms with Crippen LogP contribution in [-0.4, -0.2) is 59.9 Å². The van der Waals surface area contributed by atoms with Gasteiger partial charge in [0.25, 0.3) is 5.91 Å². The lowest BCUT2D eigenvalue weighted by Gasteiger charge is -2.57. The highest BCUT2D eigenvalue weighted by Crippen LogP contribution is 2.43. The second-order valence-corrected chi connectivity index (χ2v) is 10.5. The van der Waals surface area contributed by atoms with Gasteiger partial charge in [-0.2, -0.15) is 0 Å². The first-order valence-corrected chi connectivity index (χ1v) is 12.8. The molecule has 1 aliphatic carbocycles. The quantitative estimate of drug-likeness (QED) is 0.671. The van der Waals surface area contributed by atoms with Crippen LogP contribution in [0.4, 0.5) is 8.78 Å². The molecule has 3 heterocycles. The van der Waals surface area contributed by atoms with Gasteiger partial charge in [-0.1, -0.05) is 0 Å². The SMILES string of the molecule is O=C(CCC[C@@H]1[C@H]2CCCN3CCC[C@@H](CN1C(=O)c1cc(F)ccc1F)[C@@H]23)NCC1CC1. The average Bonchev–Trinajstić information content (AvgIpc) is 3.65. The van der Waals surface area contributed by atoms with Crippen LogP contribution in [0.15, 0.2) is 18.2 Å².